The second kappa shape index (κ2) is 6.85. The molecule has 0 aliphatic rings. The molecule has 0 N–H and O–H groups in total. The molecule has 0 amide bonds. The summed E-state index contributed by atoms with van der Waals surface area (Å²) in [5, 5.41) is 0.697. The SMILES string of the molecule is CCC(CC)N(CC(C)C)c1ccc(Cl)cn1. The zero-order valence-electron chi connectivity index (χ0n) is 11.3. The van der Waals surface area contributed by atoms with Crippen LogP contribution in [0.4, 0.5) is 5.82 Å². The van der Waals surface area contributed by atoms with Crippen molar-refractivity contribution in [3.63, 3.8) is 0 Å². The summed E-state index contributed by atoms with van der Waals surface area (Å²) in [6, 6.07) is 4.49. The minimum absolute atomic E-state index is 0.561. The normalized spacial score (nSPS) is 11.2. The van der Waals surface area contributed by atoms with E-state index in [1.165, 1.54) is 0 Å². The maximum absolute atomic E-state index is 5.89. The van der Waals surface area contributed by atoms with Gasteiger partial charge in [0.15, 0.2) is 0 Å². The van der Waals surface area contributed by atoms with E-state index in [-0.39, 0.29) is 0 Å². The lowest BCUT2D eigenvalue weighted by molar-refractivity contribution is 0.503. The third-order valence-corrected chi connectivity index (χ3v) is 3.17. The van der Waals surface area contributed by atoms with Crippen molar-refractivity contribution in [1.29, 1.82) is 0 Å². The summed E-state index contributed by atoms with van der Waals surface area (Å²) in [4.78, 5) is 6.85. The highest BCUT2D eigenvalue weighted by atomic mass is 35.5. The lowest BCUT2D eigenvalue weighted by Crippen LogP contribution is -2.37. The first-order valence-electron chi connectivity index (χ1n) is 6.46. The Morgan fingerprint density at radius 2 is 1.88 bits per heavy atom. The number of anilines is 1. The molecule has 0 bridgehead atoms. The van der Waals surface area contributed by atoms with Gasteiger partial charge in [0.1, 0.15) is 5.82 Å². The van der Waals surface area contributed by atoms with E-state index in [0.717, 1.165) is 25.2 Å². The van der Waals surface area contributed by atoms with Crippen molar-refractivity contribution in [2.75, 3.05) is 11.4 Å². The van der Waals surface area contributed by atoms with Crippen LogP contribution in [0.3, 0.4) is 0 Å². The van der Waals surface area contributed by atoms with Crippen LogP contribution in [0.25, 0.3) is 0 Å². The molecular formula is C14H23ClN2. The summed E-state index contributed by atoms with van der Waals surface area (Å²) in [7, 11) is 0. The van der Waals surface area contributed by atoms with Gasteiger partial charge in [-0.1, -0.05) is 39.3 Å². The topological polar surface area (TPSA) is 16.1 Å². The van der Waals surface area contributed by atoms with E-state index in [1.807, 2.05) is 12.1 Å². The van der Waals surface area contributed by atoms with Gasteiger partial charge in [0.2, 0.25) is 0 Å². The number of nitrogens with zero attached hydrogens (tertiary/aromatic N) is 2. The fourth-order valence-electron chi connectivity index (χ4n) is 2.09. The molecule has 0 saturated heterocycles. The highest BCUT2D eigenvalue weighted by Gasteiger charge is 2.17. The number of aromatic nitrogens is 1. The van der Waals surface area contributed by atoms with Gasteiger partial charge in [-0.3, -0.25) is 0 Å². The minimum atomic E-state index is 0.561. The Labute approximate surface area is 110 Å². The Balaban J connectivity index is 2.92. The zero-order valence-corrected chi connectivity index (χ0v) is 12.0. The van der Waals surface area contributed by atoms with Crippen molar-refractivity contribution < 1.29 is 0 Å². The molecule has 0 radical (unpaired) electrons. The molecule has 0 spiro atoms. The number of hydrogen-bond acceptors (Lipinski definition) is 2. The lowest BCUT2D eigenvalue weighted by atomic mass is 10.1. The van der Waals surface area contributed by atoms with Gasteiger partial charge >= 0.3 is 0 Å². The molecule has 2 nitrogen and oxygen atoms in total. The van der Waals surface area contributed by atoms with Gasteiger partial charge in [0, 0.05) is 18.8 Å². The Hall–Kier alpha value is -0.760. The number of rotatable bonds is 6. The second-order valence-electron chi connectivity index (χ2n) is 4.85. The van der Waals surface area contributed by atoms with E-state index in [4.69, 9.17) is 11.6 Å². The van der Waals surface area contributed by atoms with Crippen LogP contribution >= 0.6 is 11.6 Å². The first-order chi connectivity index (χ1) is 8.08. The zero-order chi connectivity index (χ0) is 12.8. The van der Waals surface area contributed by atoms with Crippen molar-refractivity contribution in [2.45, 2.75) is 46.6 Å². The average Bonchev–Trinajstić information content (AvgIpc) is 2.30. The highest BCUT2D eigenvalue weighted by Crippen LogP contribution is 2.21. The molecule has 0 fully saturated rings. The van der Waals surface area contributed by atoms with Crippen LogP contribution in [0.2, 0.25) is 5.02 Å². The molecule has 0 saturated carbocycles. The maximum Gasteiger partial charge on any atom is 0.128 e. The third-order valence-electron chi connectivity index (χ3n) is 2.95. The van der Waals surface area contributed by atoms with Crippen LogP contribution in [0.1, 0.15) is 40.5 Å². The molecule has 0 atom stereocenters. The Kier molecular flexibility index (Phi) is 5.76. The first-order valence-corrected chi connectivity index (χ1v) is 6.84. The summed E-state index contributed by atoms with van der Waals surface area (Å²) >= 11 is 5.89. The van der Waals surface area contributed by atoms with Crippen molar-refractivity contribution in [3.05, 3.63) is 23.4 Å². The van der Waals surface area contributed by atoms with Gasteiger partial charge in [-0.25, -0.2) is 4.98 Å². The van der Waals surface area contributed by atoms with Gasteiger partial charge in [-0.2, -0.15) is 0 Å². The molecule has 0 aromatic carbocycles. The molecule has 3 heteroatoms. The molecule has 0 unspecified atom stereocenters. The summed E-state index contributed by atoms with van der Waals surface area (Å²) in [5.74, 6) is 1.67. The van der Waals surface area contributed by atoms with Crippen LogP contribution < -0.4 is 4.90 Å². The predicted octanol–water partition coefficient (Wildman–Crippen LogP) is 4.39. The third kappa shape index (κ3) is 4.19. The van der Waals surface area contributed by atoms with Gasteiger partial charge < -0.3 is 4.90 Å². The van der Waals surface area contributed by atoms with Crippen LogP contribution in [0, 0.1) is 5.92 Å². The summed E-state index contributed by atoms with van der Waals surface area (Å²) in [6.07, 6.45) is 4.02. The van der Waals surface area contributed by atoms with Crippen molar-refractivity contribution >= 4 is 17.4 Å². The summed E-state index contributed by atoms with van der Waals surface area (Å²) in [5.41, 5.74) is 0. The van der Waals surface area contributed by atoms with Crippen LogP contribution in [0.15, 0.2) is 18.3 Å². The monoisotopic (exact) mass is 254 g/mol. The fraction of sp³-hybridized carbons (Fsp3) is 0.643. The van der Waals surface area contributed by atoms with E-state index in [0.29, 0.717) is 17.0 Å². The molecule has 1 aromatic heterocycles. The van der Waals surface area contributed by atoms with E-state index < -0.39 is 0 Å². The lowest BCUT2D eigenvalue weighted by Gasteiger charge is -2.33. The summed E-state index contributed by atoms with van der Waals surface area (Å²) in [6.45, 7) is 9.99. The fourth-order valence-corrected chi connectivity index (χ4v) is 2.20. The molecule has 0 aliphatic heterocycles. The number of pyridine rings is 1. The quantitative estimate of drug-likeness (QED) is 0.749. The first kappa shape index (κ1) is 14.3. The molecule has 1 heterocycles. The Morgan fingerprint density at radius 1 is 1.24 bits per heavy atom. The van der Waals surface area contributed by atoms with Crippen molar-refractivity contribution in [1.82, 2.24) is 4.98 Å². The van der Waals surface area contributed by atoms with Gasteiger partial charge in [-0.05, 0) is 30.9 Å². The maximum atomic E-state index is 5.89. The Bertz CT molecular complexity index is 317. The Morgan fingerprint density at radius 3 is 2.29 bits per heavy atom. The standard InChI is InChI=1S/C14H23ClN2/c1-5-13(6-2)17(10-11(3)4)14-8-7-12(15)9-16-14/h7-9,11,13H,5-6,10H2,1-4H3. The highest BCUT2D eigenvalue weighted by molar-refractivity contribution is 6.30. The molecule has 0 aliphatic carbocycles. The second-order valence-corrected chi connectivity index (χ2v) is 5.29. The van der Waals surface area contributed by atoms with Crippen molar-refractivity contribution in [3.8, 4) is 0 Å². The van der Waals surface area contributed by atoms with Gasteiger partial charge in [0.25, 0.3) is 0 Å². The van der Waals surface area contributed by atoms with E-state index >= 15 is 0 Å². The smallest absolute Gasteiger partial charge is 0.128 e. The van der Waals surface area contributed by atoms with Gasteiger partial charge in [-0.15, -0.1) is 0 Å². The number of hydrogen-bond donors (Lipinski definition) is 0. The largest absolute Gasteiger partial charge is 0.353 e. The molecular weight excluding hydrogens is 232 g/mol. The predicted molar refractivity (Wildman–Crippen MR) is 75.8 cm³/mol. The molecule has 96 valence electrons. The van der Waals surface area contributed by atoms with Crippen LogP contribution in [-0.2, 0) is 0 Å². The van der Waals surface area contributed by atoms with E-state index in [9.17, 15) is 0 Å². The molecule has 1 aromatic rings. The van der Waals surface area contributed by atoms with E-state index in [1.54, 1.807) is 6.20 Å². The van der Waals surface area contributed by atoms with Crippen molar-refractivity contribution in [2.24, 2.45) is 5.92 Å². The summed E-state index contributed by atoms with van der Waals surface area (Å²) < 4.78 is 0. The average molecular weight is 255 g/mol. The minimum Gasteiger partial charge on any atom is -0.353 e. The van der Waals surface area contributed by atoms with Crippen LogP contribution in [0.5, 0.6) is 0 Å². The van der Waals surface area contributed by atoms with Gasteiger partial charge in [0.05, 0.1) is 5.02 Å². The van der Waals surface area contributed by atoms with Crippen LogP contribution in [-0.4, -0.2) is 17.6 Å². The van der Waals surface area contributed by atoms with E-state index in [2.05, 4.69) is 37.6 Å². The number of halogens is 1. The molecule has 1 rings (SSSR count). The molecule has 17 heavy (non-hydrogen) atoms.